The average molecular weight is 240 g/mol. The van der Waals surface area contributed by atoms with Crippen molar-refractivity contribution in [2.45, 2.75) is 0 Å². The maximum Gasteiger partial charge on any atom is 0.216 e. The van der Waals surface area contributed by atoms with Crippen LogP contribution in [0.2, 0.25) is 0 Å². The zero-order valence-electron chi connectivity index (χ0n) is 6.86. The van der Waals surface area contributed by atoms with Gasteiger partial charge in [-0.3, -0.25) is 10.1 Å². The summed E-state index contributed by atoms with van der Waals surface area (Å²) in [4.78, 5) is 9.70. The van der Waals surface area contributed by atoms with Crippen molar-refractivity contribution >= 4 is 5.69 Å². The van der Waals surface area contributed by atoms with Crippen molar-refractivity contribution in [2.24, 2.45) is 0 Å². The van der Waals surface area contributed by atoms with Crippen molar-refractivity contribution in [2.75, 3.05) is 0 Å². The summed E-state index contributed by atoms with van der Waals surface area (Å²) in [6, 6.07) is 6.20. The molecule has 63 valence electrons. The number of nitrogens with zero attached hydrogens (tertiary/aromatic N) is 1. The summed E-state index contributed by atoms with van der Waals surface area (Å²) in [7, 11) is 0. The van der Waals surface area contributed by atoms with Gasteiger partial charge in [-0.15, -0.1) is 6.07 Å². The van der Waals surface area contributed by atoms with Crippen LogP contribution in [0.3, 0.4) is 0 Å². The largest absolute Gasteiger partial charge is 0.358 e. The van der Waals surface area contributed by atoms with Crippen LogP contribution in [0.15, 0.2) is 24.3 Å². The monoisotopic (exact) mass is 240 g/mol. The Labute approximate surface area is 97.2 Å². The third-order valence-corrected chi connectivity index (χ3v) is 1.12. The molecule has 0 fully saturated rings. The fraction of sp³-hybridized carbons (Fsp3) is 0. The molecule has 1 radical (unpaired) electrons. The van der Waals surface area contributed by atoms with Crippen molar-refractivity contribution in [3.63, 3.8) is 0 Å². The number of hydrogen-bond acceptors (Lipinski definition) is 2. The first-order chi connectivity index (χ1) is 4.70. The van der Waals surface area contributed by atoms with Gasteiger partial charge in [-0.2, -0.15) is 18.6 Å². The minimum Gasteiger partial charge on any atom is -0.358 e. The zero-order valence-corrected chi connectivity index (χ0v) is 9.70. The van der Waals surface area contributed by atoms with Crippen molar-refractivity contribution in [3.05, 3.63) is 54.3 Å². The molecule has 0 atom stereocenters. The van der Waals surface area contributed by atoms with Crippen molar-refractivity contribution < 1.29 is 37.6 Å². The first kappa shape index (κ1) is 14.1. The van der Waals surface area contributed by atoms with Gasteiger partial charge in [0, 0.05) is 37.6 Å². The summed E-state index contributed by atoms with van der Waals surface area (Å²) in [6.45, 7) is 3.56. The molecule has 0 bridgehead atoms. The number of nitro groups is 1. The second-order valence-electron chi connectivity index (χ2n) is 1.93. The Hall–Kier alpha value is -0.406. The van der Waals surface area contributed by atoms with E-state index in [0.29, 0.717) is 5.56 Å². The Kier molecular flexibility index (Phi) is 7.24. The molecular formula is C8H9NO2Y-2. The molecule has 0 spiro atoms. The summed E-state index contributed by atoms with van der Waals surface area (Å²) in [5, 5.41) is 10.1. The first-order valence-corrected chi connectivity index (χ1v) is 2.76. The minimum absolute atomic E-state index is 0. The number of nitro benzene ring substituents is 1. The van der Waals surface area contributed by atoms with Crippen LogP contribution in [0.5, 0.6) is 0 Å². The third-order valence-electron chi connectivity index (χ3n) is 1.12. The maximum atomic E-state index is 10.1. The van der Waals surface area contributed by atoms with E-state index in [-0.39, 0.29) is 45.8 Å². The molecule has 0 aromatic heterocycles. The first-order valence-electron chi connectivity index (χ1n) is 2.76. The fourth-order valence-corrected chi connectivity index (χ4v) is 0.670. The molecule has 0 aliphatic heterocycles. The molecule has 0 saturated heterocycles. The Morgan fingerprint density at radius 3 is 2.33 bits per heavy atom. The molecule has 4 heteroatoms. The quantitative estimate of drug-likeness (QED) is 0.429. The van der Waals surface area contributed by atoms with Crippen LogP contribution in [-0.2, 0) is 32.7 Å². The van der Waals surface area contributed by atoms with Gasteiger partial charge in [0.15, 0.2) is 0 Å². The number of benzene rings is 1. The van der Waals surface area contributed by atoms with E-state index in [9.17, 15) is 10.1 Å². The van der Waals surface area contributed by atoms with E-state index >= 15 is 0 Å². The minimum atomic E-state index is -0.436. The van der Waals surface area contributed by atoms with E-state index in [2.05, 4.69) is 6.92 Å². The van der Waals surface area contributed by atoms with E-state index < -0.39 is 4.92 Å². The van der Waals surface area contributed by atoms with Gasteiger partial charge in [0.25, 0.3) is 0 Å². The van der Waals surface area contributed by atoms with Gasteiger partial charge in [-0.05, 0) is 6.07 Å². The van der Waals surface area contributed by atoms with Crippen LogP contribution in [0.25, 0.3) is 0 Å². The predicted molar refractivity (Wildman–Crippen MR) is 44.0 cm³/mol. The van der Waals surface area contributed by atoms with E-state index in [4.69, 9.17) is 0 Å². The van der Waals surface area contributed by atoms with Gasteiger partial charge < -0.3 is 7.43 Å². The van der Waals surface area contributed by atoms with Gasteiger partial charge in [0.05, 0.1) is 0 Å². The van der Waals surface area contributed by atoms with Gasteiger partial charge in [-0.25, -0.2) is 0 Å². The number of hydrogen-bond donors (Lipinski definition) is 0. The van der Waals surface area contributed by atoms with Crippen molar-refractivity contribution in [3.8, 4) is 0 Å². The van der Waals surface area contributed by atoms with Crippen LogP contribution in [-0.4, -0.2) is 4.92 Å². The van der Waals surface area contributed by atoms with Gasteiger partial charge in [0.2, 0.25) is 5.69 Å². The normalized spacial score (nSPS) is 7.67. The Balaban J connectivity index is 0. The molecule has 0 aliphatic carbocycles. The number of rotatable bonds is 1. The van der Waals surface area contributed by atoms with E-state index in [1.54, 1.807) is 12.1 Å². The van der Waals surface area contributed by atoms with E-state index in [1.165, 1.54) is 12.1 Å². The van der Waals surface area contributed by atoms with Gasteiger partial charge >= 0.3 is 0 Å². The fourth-order valence-electron chi connectivity index (χ4n) is 0.670. The number of non-ortho nitro benzene ring substituents is 1. The van der Waals surface area contributed by atoms with Crippen LogP contribution in [0.1, 0.15) is 5.56 Å². The van der Waals surface area contributed by atoms with Crippen LogP contribution in [0.4, 0.5) is 5.69 Å². The van der Waals surface area contributed by atoms with Crippen molar-refractivity contribution in [1.29, 1.82) is 0 Å². The summed E-state index contributed by atoms with van der Waals surface area (Å²) in [6.07, 6.45) is 0. The molecule has 1 rings (SSSR count). The smallest absolute Gasteiger partial charge is 0.216 e. The van der Waals surface area contributed by atoms with Gasteiger partial charge in [0.1, 0.15) is 0 Å². The molecule has 0 aliphatic rings. The Morgan fingerprint density at radius 2 is 2.00 bits per heavy atom. The summed E-state index contributed by atoms with van der Waals surface area (Å²) in [5.41, 5.74) is 0.752. The molecule has 1 aromatic carbocycles. The summed E-state index contributed by atoms with van der Waals surface area (Å²) >= 11 is 0. The standard InChI is InChI=1S/C7H6NO2.CH3.Y/c1-6-3-2-4-7(5-6)8(9)10;;/h2-5H,1H2;1H3;/q2*-1;. The van der Waals surface area contributed by atoms with E-state index in [1.807, 2.05) is 0 Å². The molecule has 0 unspecified atom stereocenters. The second-order valence-corrected chi connectivity index (χ2v) is 1.93. The molecule has 0 amide bonds. The topological polar surface area (TPSA) is 43.1 Å². The molecule has 0 heterocycles. The SMILES string of the molecule is [CH2-]c1cccc([N+](=O)[O-])c1.[CH3-].[Y]. The zero-order chi connectivity index (χ0) is 7.56. The Morgan fingerprint density at radius 1 is 1.42 bits per heavy atom. The average Bonchev–Trinajstić information content (AvgIpc) is 1.88. The summed E-state index contributed by atoms with van der Waals surface area (Å²) < 4.78 is 0. The summed E-state index contributed by atoms with van der Waals surface area (Å²) in [5.74, 6) is 0. The third kappa shape index (κ3) is 3.83. The molecule has 0 saturated carbocycles. The van der Waals surface area contributed by atoms with Crippen LogP contribution in [0, 0.1) is 24.5 Å². The predicted octanol–water partition coefficient (Wildman–Crippen LogP) is 2.22. The molecule has 12 heavy (non-hydrogen) atoms. The van der Waals surface area contributed by atoms with E-state index in [0.717, 1.165) is 0 Å². The molecule has 0 N–H and O–H groups in total. The van der Waals surface area contributed by atoms with Crippen LogP contribution >= 0.6 is 0 Å². The second kappa shape index (κ2) is 6.15. The van der Waals surface area contributed by atoms with Crippen molar-refractivity contribution in [1.82, 2.24) is 0 Å². The Bertz CT molecular complexity index is 263. The molecular weight excluding hydrogens is 231 g/mol. The maximum absolute atomic E-state index is 10.1. The molecule has 1 aromatic rings. The van der Waals surface area contributed by atoms with Crippen LogP contribution < -0.4 is 0 Å². The molecule has 3 nitrogen and oxygen atoms in total. The van der Waals surface area contributed by atoms with Gasteiger partial charge in [-0.1, -0.05) is 6.07 Å².